The molecule has 0 unspecified atom stereocenters. The van der Waals surface area contributed by atoms with Crippen LogP contribution in [-0.4, -0.2) is 17.2 Å². The first-order chi connectivity index (χ1) is 5.76. The molecule has 12 heavy (non-hydrogen) atoms. The fourth-order valence-corrected chi connectivity index (χ4v) is 1.30. The molecule has 0 bridgehead atoms. The van der Waals surface area contributed by atoms with Gasteiger partial charge in [-0.25, -0.2) is 4.98 Å². The minimum Gasteiger partial charge on any atom is -0.481 e. The van der Waals surface area contributed by atoms with E-state index in [2.05, 4.69) is 4.98 Å². The van der Waals surface area contributed by atoms with E-state index in [1.54, 1.807) is 13.3 Å². The average Bonchev–Trinajstić information content (AvgIpc) is 2.85. The summed E-state index contributed by atoms with van der Waals surface area (Å²) in [5.41, 5.74) is 0.159. The van der Waals surface area contributed by atoms with Gasteiger partial charge in [0.25, 0.3) is 0 Å². The third-order valence-corrected chi connectivity index (χ3v) is 2.19. The molecule has 1 saturated carbocycles. The van der Waals surface area contributed by atoms with E-state index in [9.17, 15) is 5.11 Å². The van der Waals surface area contributed by atoms with Gasteiger partial charge in [0, 0.05) is 11.8 Å². The van der Waals surface area contributed by atoms with Crippen LogP contribution in [-0.2, 0) is 5.60 Å². The van der Waals surface area contributed by atoms with Crippen LogP contribution in [0.3, 0.4) is 0 Å². The number of methoxy groups -OCH3 is 1. The lowest BCUT2D eigenvalue weighted by Gasteiger charge is -2.10. The van der Waals surface area contributed by atoms with Gasteiger partial charge in [-0.2, -0.15) is 0 Å². The van der Waals surface area contributed by atoms with Crippen LogP contribution in [0, 0.1) is 0 Å². The van der Waals surface area contributed by atoms with Gasteiger partial charge in [0.05, 0.1) is 12.7 Å². The Hall–Kier alpha value is -1.09. The molecule has 0 aliphatic heterocycles. The van der Waals surface area contributed by atoms with Gasteiger partial charge in [-0.3, -0.25) is 0 Å². The Morgan fingerprint density at radius 3 is 2.92 bits per heavy atom. The minimum atomic E-state index is -0.653. The maximum absolute atomic E-state index is 9.79. The molecule has 0 spiro atoms. The van der Waals surface area contributed by atoms with Gasteiger partial charge >= 0.3 is 0 Å². The Morgan fingerprint density at radius 1 is 1.58 bits per heavy atom. The van der Waals surface area contributed by atoms with E-state index in [-0.39, 0.29) is 0 Å². The van der Waals surface area contributed by atoms with Crippen LogP contribution in [0.5, 0.6) is 5.88 Å². The number of hydrogen-bond donors (Lipinski definition) is 1. The van der Waals surface area contributed by atoms with Gasteiger partial charge in [-0.15, -0.1) is 0 Å². The molecule has 3 heteroatoms. The first kappa shape index (κ1) is 7.55. The lowest BCUT2D eigenvalue weighted by Crippen LogP contribution is -2.07. The van der Waals surface area contributed by atoms with Crippen molar-refractivity contribution in [1.29, 1.82) is 0 Å². The Labute approximate surface area is 71.0 Å². The second kappa shape index (κ2) is 2.45. The van der Waals surface area contributed by atoms with Gasteiger partial charge in [0.15, 0.2) is 0 Å². The maximum Gasteiger partial charge on any atom is 0.219 e. The Bertz CT molecular complexity index is 294. The topological polar surface area (TPSA) is 42.4 Å². The summed E-state index contributed by atoms with van der Waals surface area (Å²) in [5.74, 6) is 0.539. The Morgan fingerprint density at radius 2 is 2.33 bits per heavy atom. The van der Waals surface area contributed by atoms with Crippen LogP contribution >= 0.6 is 0 Å². The Kier molecular flexibility index (Phi) is 1.54. The molecule has 0 saturated heterocycles. The predicted octanol–water partition coefficient (Wildman–Crippen LogP) is 1.07. The summed E-state index contributed by atoms with van der Waals surface area (Å²) in [5, 5.41) is 9.79. The van der Waals surface area contributed by atoms with Crippen LogP contribution in [0.15, 0.2) is 18.3 Å². The Balaban J connectivity index is 2.42. The van der Waals surface area contributed by atoms with Gasteiger partial charge in [0.1, 0.15) is 0 Å². The zero-order valence-electron chi connectivity index (χ0n) is 6.95. The van der Waals surface area contributed by atoms with Crippen LogP contribution in [0.1, 0.15) is 18.4 Å². The van der Waals surface area contributed by atoms with Crippen LogP contribution < -0.4 is 4.74 Å². The molecule has 2 rings (SSSR count). The van der Waals surface area contributed by atoms with E-state index in [1.165, 1.54) is 0 Å². The molecule has 0 amide bonds. The zero-order valence-corrected chi connectivity index (χ0v) is 6.95. The highest BCUT2D eigenvalue weighted by Crippen LogP contribution is 2.47. The quantitative estimate of drug-likeness (QED) is 0.712. The van der Waals surface area contributed by atoms with Crippen molar-refractivity contribution in [1.82, 2.24) is 4.98 Å². The van der Waals surface area contributed by atoms with Crippen molar-refractivity contribution in [3.05, 3.63) is 23.9 Å². The monoisotopic (exact) mass is 165 g/mol. The van der Waals surface area contributed by atoms with E-state index >= 15 is 0 Å². The summed E-state index contributed by atoms with van der Waals surface area (Å²) in [4.78, 5) is 4.02. The summed E-state index contributed by atoms with van der Waals surface area (Å²) in [6.45, 7) is 0. The number of aliphatic hydroxyl groups is 1. The fraction of sp³-hybridized carbons (Fsp3) is 0.444. The van der Waals surface area contributed by atoms with Crippen molar-refractivity contribution < 1.29 is 9.84 Å². The summed E-state index contributed by atoms with van der Waals surface area (Å²) in [7, 11) is 1.57. The van der Waals surface area contributed by atoms with Crippen molar-refractivity contribution in [2.45, 2.75) is 18.4 Å². The highest BCUT2D eigenvalue weighted by atomic mass is 16.5. The fourth-order valence-electron chi connectivity index (χ4n) is 1.30. The van der Waals surface area contributed by atoms with E-state index in [4.69, 9.17) is 4.74 Å². The van der Waals surface area contributed by atoms with Crippen molar-refractivity contribution in [3.63, 3.8) is 0 Å². The largest absolute Gasteiger partial charge is 0.481 e. The molecule has 3 nitrogen and oxygen atoms in total. The second-order valence-corrected chi connectivity index (χ2v) is 3.09. The SMILES string of the molecule is COc1ncccc1C1(O)CC1. The number of ether oxygens (including phenoxy) is 1. The second-order valence-electron chi connectivity index (χ2n) is 3.09. The number of nitrogens with zero attached hydrogens (tertiary/aromatic N) is 1. The molecule has 1 aliphatic carbocycles. The molecule has 1 fully saturated rings. The highest BCUT2D eigenvalue weighted by molar-refractivity contribution is 5.35. The third-order valence-electron chi connectivity index (χ3n) is 2.19. The summed E-state index contributed by atoms with van der Waals surface area (Å²) < 4.78 is 5.04. The zero-order chi connectivity index (χ0) is 8.60. The molecule has 1 heterocycles. The first-order valence-electron chi connectivity index (χ1n) is 3.98. The third kappa shape index (κ3) is 1.06. The molecular formula is C9H11NO2. The average molecular weight is 165 g/mol. The van der Waals surface area contributed by atoms with Crippen molar-refractivity contribution in [2.24, 2.45) is 0 Å². The summed E-state index contributed by atoms with van der Waals surface area (Å²) in [6.07, 6.45) is 3.29. The predicted molar refractivity (Wildman–Crippen MR) is 43.9 cm³/mol. The van der Waals surface area contributed by atoms with Gasteiger partial charge in [0.2, 0.25) is 5.88 Å². The van der Waals surface area contributed by atoms with Crippen LogP contribution in [0.25, 0.3) is 0 Å². The maximum atomic E-state index is 9.79. The van der Waals surface area contributed by atoms with Gasteiger partial charge < -0.3 is 9.84 Å². The molecular weight excluding hydrogens is 154 g/mol. The molecule has 1 N–H and O–H groups in total. The number of hydrogen-bond acceptors (Lipinski definition) is 3. The number of rotatable bonds is 2. The first-order valence-corrected chi connectivity index (χ1v) is 3.98. The van der Waals surface area contributed by atoms with E-state index in [0.717, 1.165) is 18.4 Å². The standard InChI is InChI=1S/C9H11NO2/c1-12-8-7(3-2-6-10-8)9(11)4-5-9/h2-3,6,11H,4-5H2,1H3. The smallest absolute Gasteiger partial charge is 0.219 e. The van der Waals surface area contributed by atoms with Crippen LogP contribution in [0.2, 0.25) is 0 Å². The van der Waals surface area contributed by atoms with E-state index in [1.807, 2.05) is 12.1 Å². The summed E-state index contributed by atoms with van der Waals surface area (Å²) >= 11 is 0. The van der Waals surface area contributed by atoms with Gasteiger partial charge in [-0.05, 0) is 25.0 Å². The molecule has 0 atom stereocenters. The van der Waals surface area contributed by atoms with E-state index < -0.39 is 5.60 Å². The molecule has 0 aromatic carbocycles. The minimum absolute atomic E-state index is 0.539. The highest BCUT2D eigenvalue weighted by Gasteiger charge is 2.44. The lowest BCUT2D eigenvalue weighted by atomic mass is 10.1. The van der Waals surface area contributed by atoms with Crippen molar-refractivity contribution >= 4 is 0 Å². The van der Waals surface area contributed by atoms with Crippen LogP contribution in [0.4, 0.5) is 0 Å². The molecule has 1 aromatic rings. The molecule has 64 valence electrons. The normalized spacial score (nSPS) is 18.8. The lowest BCUT2D eigenvalue weighted by molar-refractivity contribution is 0.146. The summed E-state index contributed by atoms with van der Waals surface area (Å²) in [6, 6.07) is 3.67. The number of pyridine rings is 1. The molecule has 1 aliphatic rings. The van der Waals surface area contributed by atoms with Crippen molar-refractivity contribution in [2.75, 3.05) is 7.11 Å². The van der Waals surface area contributed by atoms with Gasteiger partial charge in [-0.1, -0.05) is 0 Å². The van der Waals surface area contributed by atoms with E-state index in [0.29, 0.717) is 5.88 Å². The number of aromatic nitrogens is 1. The van der Waals surface area contributed by atoms with Crippen molar-refractivity contribution in [3.8, 4) is 5.88 Å². The molecule has 1 aromatic heterocycles. The molecule has 0 radical (unpaired) electrons.